The molecule has 0 saturated heterocycles. The fourth-order valence-electron chi connectivity index (χ4n) is 4.35. The van der Waals surface area contributed by atoms with Crippen LogP contribution in [0.3, 0.4) is 0 Å². The van der Waals surface area contributed by atoms with E-state index in [0.717, 1.165) is 32.8 Å². The Morgan fingerprint density at radius 1 is 1.30 bits per heavy atom. The van der Waals surface area contributed by atoms with Crippen molar-refractivity contribution in [3.63, 3.8) is 0 Å². The number of benzene rings is 1. The Bertz CT molecular complexity index is 996. The normalized spacial score (nSPS) is 28.0. The number of fused-ring (bicyclic) bond motifs is 1. The number of thioether (sulfide) groups is 1. The first-order valence-corrected chi connectivity index (χ1v) is 11.6. The minimum absolute atomic E-state index is 0.0153. The van der Waals surface area contributed by atoms with Gasteiger partial charge in [-0.2, -0.15) is 0 Å². The smallest absolute Gasteiger partial charge is 0.259 e. The molecule has 1 aliphatic carbocycles. The van der Waals surface area contributed by atoms with Gasteiger partial charge in [0.25, 0.3) is 5.91 Å². The van der Waals surface area contributed by atoms with E-state index in [1.165, 1.54) is 11.8 Å². The Labute approximate surface area is 192 Å². The molecule has 1 N–H and O–H groups in total. The quantitative estimate of drug-likeness (QED) is 0.609. The molecule has 3 aliphatic rings. The summed E-state index contributed by atoms with van der Waals surface area (Å²) < 4.78 is 0. The highest BCUT2D eigenvalue weighted by molar-refractivity contribution is 8.18. The summed E-state index contributed by atoms with van der Waals surface area (Å²) in [6.07, 6.45) is 7.02. The van der Waals surface area contributed by atoms with Crippen molar-refractivity contribution in [2.45, 2.75) is 39.3 Å². The minimum Gasteiger partial charge on any atom is -0.355 e. The average molecular weight is 462 g/mol. The maximum absolute atomic E-state index is 12.6. The Balaban J connectivity index is 1.83. The molecule has 0 saturated carbocycles. The third-order valence-electron chi connectivity index (χ3n) is 5.95. The lowest BCUT2D eigenvalue weighted by Gasteiger charge is -2.39. The fourth-order valence-corrected chi connectivity index (χ4v) is 5.91. The van der Waals surface area contributed by atoms with Crippen molar-refractivity contribution >= 4 is 46.0 Å². The molecule has 4 rings (SSSR count). The zero-order valence-electron chi connectivity index (χ0n) is 17.4. The first kappa shape index (κ1) is 21.5. The lowest BCUT2D eigenvalue weighted by Crippen LogP contribution is -2.39. The molecule has 7 heteroatoms. The number of nitrogens with one attached hydrogen (secondary N) is 1. The van der Waals surface area contributed by atoms with Crippen molar-refractivity contribution in [3.8, 4) is 0 Å². The van der Waals surface area contributed by atoms with Gasteiger partial charge in [-0.05, 0) is 47.9 Å². The molecule has 0 fully saturated rings. The lowest BCUT2D eigenvalue weighted by molar-refractivity contribution is -0.116. The maximum Gasteiger partial charge on any atom is 0.259 e. The molecular weight excluding hydrogens is 437 g/mol. The van der Waals surface area contributed by atoms with Crippen LogP contribution in [0.4, 0.5) is 0 Å². The van der Waals surface area contributed by atoms with Gasteiger partial charge in [0, 0.05) is 28.2 Å². The number of hydrogen-bond donors (Lipinski definition) is 1. The van der Waals surface area contributed by atoms with Gasteiger partial charge < -0.3 is 10.2 Å². The molecule has 158 valence electrons. The number of hydrogen-bond acceptors (Lipinski definition) is 4. The summed E-state index contributed by atoms with van der Waals surface area (Å²) >= 11 is 13.9. The van der Waals surface area contributed by atoms with Gasteiger partial charge in [0.1, 0.15) is 0 Å². The minimum atomic E-state index is -0.185. The summed E-state index contributed by atoms with van der Waals surface area (Å²) in [6.45, 7) is 6.48. The van der Waals surface area contributed by atoms with Gasteiger partial charge in [-0.1, -0.05) is 68.3 Å². The molecule has 2 aliphatic heterocycles. The van der Waals surface area contributed by atoms with E-state index in [1.807, 2.05) is 18.2 Å². The zero-order valence-corrected chi connectivity index (χ0v) is 19.8. The molecule has 0 spiro atoms. The van der Waals surface area contributed by atoms with Crippen LogP contribution in [-0.2, 0) is 4.79 Å². The summed E-state index contributed by atoms with van der Waals surface area (Å²) in [5, 5.41) is 5.13. The van der Waals surface area contributed by atoms with Crippen LogP contribution in [0.25, 0.3) is 0 Å². The number of allylic oxidation sites excluding steroid dienone is 4. The molecule has 30 heavy (non-hydrogen) atoms. The van der Waals surface area contributed by atoms with E-state index in [1.54, 1.807) is 7.05 Å². The number of aliphatic imine (C=N–C) groups is 1. The van der Waals surface area contributed by atoms with E-state index >= 15 is 0 Å². The molecule has 0 radical (unpaired) electrons. The molecule has 1 unspecified atom stereocenters. The van der Waals surface area contributed by atoms with Crippen LogP contribution < -0.4 is 5.32 Å². The average Bonchev–Trinajstić information content (AvgIpc) is 3.27. The van der Waals surface area contributed by atoms with E-state index in [2.05, 4.69) is 55.3 Å². The largest absolute Gasteiger partial charge is 0.355 e. The van der Waals surface area contributed by atoms with Crippen molar-refractivity contribution in [2.75, 3.05) is 7.05 Å². The highest BCUT2D eigenvalue weighted by Crippen LogP contribution is 2.54. The summed E-state index contributed by atoms with van der Waals surface area (Å²) in [4.78, 5) is 20.8. The lowest BCUT2D eigenvalue weighted by atomic mass is 9.73. The Kier molecular flexibility index (Phi) is 5.82. The van der Waals surface area contributed by atoms with Crippen LogP contribution in [-0.4, -0.2) is 29.1 Å². The molecule has 1 amide bonds. The van der Waals surface area contributed by atoms with E-state index in [4.69, 9.17) is 28.2 Å². The van der Waals surface area contributed by atoms with Crippen molar-refractivity contribution < 1.29 is 4.79 Å². The number of halogens is 2. The van der Waals surface area contributed by atoms with Crippen molar-refractivity contribution in [1.82, 2.24) is 10.2 Å². The molecule has 4 nitrogen and oxygen atoms in total. The van der Waals surface area contributed by atoms with E-state index in [9.17, 15) is 4.79 Å². The number of amidine groups is 1. The van der Waals surface area contributed by atoms with E-state index in [-0.39, 0.29) is 29.3 Å². The molecule has 0 aromatic heterocycles. The monoisotopic (exact) mass is 461 g/mol. The molecule has 1 aromatic rings. The second kappa shape index (κ2) is 8.10. The first-order chi connectivity index (χ1) is 14.2. The zero-order chi connectivity index (χ0) is 21.6. The van der Waals surface area contributed by atoms with E-state index < -0.39 is 0 Å². The molecule has 2 heterocycles. The number of amides is 1. The molecular formula is C23H25Cl2N3OS. The topological polar surface area (TPSA) is 44.7 Å². The number of carbonyl (C=O) groups excluding carboxylic acids is 1. The summed E-state index contributed by atoms with van der Waals surface area (Å²) in [5.41, 5.74) is 1.98. The van der Waals surface area contributed by atoms with Gasteiger partial charge in [0.05, 0.1) is 17.0 Å². The van der Waals surface area contributed by atoms with Crippen LogP contribution in [0.5, 0.6) is 0 Å². The molecule has 1 aromatic carbocycles. The summed E-state index contributed by atoms with van der Waals surface area (Å²) in [6, 6.07) is 7.94. The third kappa shape index (κ3) is 3.61. The van der Waals surface area contributed by atoms with Gasteiger partial charge in [-0.3, -0.25) is 9.79 Å². The van der Waals surface area contributed by atoms with Crippen LogP contribution in [0.2, 0.25) is 5.02 Å². The van der Waals surface area contributed by atoms with Gasteiger partial charge in [0.15, 0.2) is 5.17 Å². The first-order valence-electron chi connectivity index (χ1n) is 10.1. The molecule has 0 bridgehead atoms. The van der Waals surface area contributed by atoms with Gasteiger partial charge in [-0.15, -0.1) is 0 Å². The second-order valence-corrected chi connectivity index (χ2v) is 10.3. The summed E-state index contributed by atoms with van der Waals surface area (Å²) in [5.74, 6) is 0.112. The predicted molar refractivity (Wildman–Crippen MR) is 127 cm³/mol. The SMILES string of the molecule is CNC(=O)C1=C(C(C)C)N2C(=N[C@@H](C3(C)C=CC(Cl)=CC3)[C@H]2c2ccc(Cl)cc2)S1. The Hall–Kier alpha value is -1.69. The van der Waals surface area contributed by atoms with E-state index in [0.29, 0.717) is 5.02 Å². The number of rotatable bonds is 4. The van der Waals surface area contributed by atoms with Crippen LogP contribution in [0, 0.1) is 11.3 Å². The number of carbonyl (C=O) groups is 1. The Morgan fingerprint density at radius 2 is 2.00 bits per heavy atom. The van der Waals surface area contributed by atoms with Crippen LogP contribution >= 0.6 is 35.0 Å². The van der Waals surface area contributed by atoms with Gasteiger partial charge >= 0.3 is 0 Å². The van der Waals surface area contributed by atoms with Crippen molar-refractivity contribution in [2.24, 2.45) is 16.3 Å². The highest BCUT2D eigenvalue weighted by Gasteiger charge is 2.51. The standard InChI is InChI=1S/C23H25Cl2N3OS/c1-13(2)17-19(21(29)26-4)30-22-27-20(23(3)11-9-16(25)10-12-23)18(28(17)22)14-5-7-15(24)8-6-14/h5-11,13,18,20H,12H2,1-4H3,(H,26,29)/t18-,20-,23?/m1/s1. The number of likely N-dealkylation sites (N-methyl/N-ethyl adjacent to an activating group) is 1. The van der Waals surface area contributed by atoms with Gasteiger partial charge in [-0.25, -0.2) is 0 Å². The van der Waals surface area contributed by atoms with Crippen LogP contribution in [0.15, 0.2) is 63.1 Å². The molecule has 3 atom stereocenters. The summed E-state index contributed by atoms with van der Waals surface area (Å²) in [7, 11) is 1.67. The van der Waals surface area contributed by atoms with Crippen molar-refractivity contribution in [3.05, 3.63) is 68.7 Å². The van der Waals surface area contributed by atoms with Gasteiger partial charge in [0.2, 0.25) is 0 Å². The predicted octanol–water partition coefficient (Wildman–Crippen LogP) is 5.87. The second-order valence-electron chi connectivity index (χ2n) is 8.41. The third-order valence-corrected chi connectivity index (χ3v) is 7.56. The fraction of sp³-hybridized carbons (Fsp3) is 0.391. The highest BCUT2D eigenvalue weighted by atomic mass is 35.5. The van der Waals surface area contributed by atoms with Crippen LogP contribution in [0.1, 0.15) is 38.8 Å². The maximum atomic E-state index is 12.6. The number of nitrogens with zero attached hydrogens (tertiary/aromatic N) is 2. The Morgan fingerprint density at radius 3 is 2.57 bits per heavy atom. The van der Waals surface area contributed by atoms with Crippen molar-refractivity contribution in [1.29, 1.82) is 0 Å².